The van der Waals surface area contributed by atoms with Crippen LogP contribution in [0.25, 0.3) is 0 Å². The molecule has 1 fully saturated rings. The number of hydrogen-bond donors (Lipinski definition) is 2. The van der Waals surface area contributed by atoms with Gasteiger partial charge in [0.05, 0.1) is 18.3 Å². The summed E-state index contributed by atoms with van der Waals surface area (Å²) in [5.74, 6) is 0.489. The molecule has 1 amide bonds. The molecule has 7 heteroatoms. The van der Waals surface area contributed by atoms with Crippen molar-refractivity contribution in [3.63, 3.8) is 0 Å². The Labute approximate surface area is 127 Å². The van der Waals surface area contributed by atoms with Crippen LogP contribution in [-0.4, -0.2) is 33.9 Å². The summed E-state index contributed by atoms with van der Waals surface area (Å²) in [5, 5.41) is 6.04. The summed E-state index contributed by atoms with van der Waals surface area (Å²) in [5.41, 5.74) is 6.30. The van der Waals surface area contributed by atoms with Gasteiger partial charge in [-0.1, -0.05) is 6.07 Å². The zero-order chi connectivity index (χ0) is 14.7. The molecule has 0 aliphatic carbocycles. The molecule has 0 bridgehead atoms. The van der Waals surface area contributed by atoms with E-state index in [2.05, 4.69) is 20.2 Å². The van der Waals surface area contributed by atoms with E-state index in [4.69, 9.17) is 5.73 Å². The minimum atomic E-state index is -0.288. The molecule has 1 unspecified atom stereocenters. The molecule has 2 aromatic rings. The fourth-order valence-corrected chi connectivity index (χ4v) is 3.36. The van der Waals surface area contributed by atoms with Gasteiger partial charge in [-0.2, -0.15) is 0 Å². The average molecular weight is 303 g/mol. The molecule has 0 aromatic carbocycles. The normalized spacial score (nSPS) is 18.8. The number of pyridine rings is 1. The van der Waals surface area contributed by atoms with Crippen LogP contribution in [0.4, 0.5) is 10.9 Å². The van der Waals surface area contributed by atoms with Crippen molar-refractivity contribution in [2.45, 2.75) is 18.9 Å². The third-order valence-corrected chi connectivity index (χ3v) is 4.26. The van der Waals surface area contributed by atoms with Gasteiger partial charge < -0.3 is 11.1 Å². The second-order valence-electron chi connectivity index (χ2n) is 5.01. The molecule has 3 rings (SSSR count). The van der Waals surface area contributed by atoms with Crippen LogP contribution < -0.4 is 11.1 Å². The summed E-state index contributed by atoms with van der Waals surface area (Å²) in [7, 11) is 0. The van der Waals surface area contributed by atoms with Crippen molar-refractivity contribution in [1.29, 1.82) is 0 Å². The van der Waals surface area contributed by atoms with Gasteiger partial charge in [0.15, 0.2) is 5.13 Å². The zero-order valence-corrected chi connectivity index (χ0v) is 12.3. The summed E-state index contributed by atoms with van der Waals surface area (Å²) in [6, 6.07) is 5.89. The molecule has 110 valence electrons. The van der Waals surface area contributed by atoms with Gasteiger partial charge >= 0.3 is 0 Å². The van der Waals surface area contributed by atoms with Crippen LogP contribution in [0.15, 0.2) is 29.8 Å². The van der Waals surface area contributed by atoms with Crippen molar-refractivity contribution in [1.82, 2.24) is 14.9 Å². The first-order valence-corrected chi connectivity index (χ1v) is 7.76. The van der Waals surface area contributed by atoms with Crippen molar-refractivity contribution >= 4 is 28.2 Å². The summed E-state index contributed by atoms with van der Waals surface area (Å²) < 4.78 is 0. The first-order chi connectivity index (χ1) is 10.2. The van der Waals surface area contributed by atoms with Crippen molar-refractivity contribution in [2.75, 3.05) is 18.4 Å². The number of nitrogens with zero attached hydrogens (tertiary/aromatic N) is 3. The maximum absolute atomic E-state index is 11.1. The number of anilines is 2. The van der Waals surface area contributed by atoms with Crippen LogP contribution in [0.5, 0.6) is 0 Å². The van der Waals surface area contributed by atoms with Crippen LogP contribution in [0.2, 0.25) is 0 Å². The van der Waals surface area contributed by atoms with Crippen molar-refractivity contribution < 1.29 is 4.79 Å². The summed E-state index contributed by atoms with van der Waals surface area (Å²) in [6.45, 7) is 1.19. The van der Waals surface area contributed by atoms with Gasteiger partial charge in [-0.3, -0.25) is 9.69 Å². The number of nitrogens with one attached hydrogen (secondary N) is 1. The van der Waals surface area contributed by atoms with E-state index in [0.29, 0.717) is 6.54 Å². The first kappa shape index (κ1) is 14.0. The topological polar surface area (TPSA) is 84.1 Å². The molecule has 21 heavy (non-hydrogen) atoms. The number of primary amides is 1. The van der Waals surface area contributed by atoms with Crippen molar-refractivity contribution in [3.05, 3.63) is 35.5 Å². The smallest absolute Gasteiger partial charge is 0.231 e. The first-order valence-electron chi connectivity index (χ1n) is 6.88. The highest BCUT2D eigenvalue weighted by molar-refractivity contribution is 7.13. The van der Waals surface area contributed by atoms with Gasteiger partial charge in [0.25, 0.3) is 0 Å². The molecule has 1 aliphatic rings. The Morgan fingerprint density at radius 1 is 1.52 bits per heavy atom. The van der Waals surface area contributed by atoms with Crippen LogP contribution >= 0.6 is 11.3 Å². The van der Waals surface area contributed by atoms with Gasteiger partial charge in [-0.25, -0.2) is 9.97 Å². The molecule has 3 heterocycles. The number of thiazole rings is 1. The third kappa shape index (κ3) is 3.37. The van der Waals surface area contributed by atoms with Gasteiger partial charge in [0.1, 0.15) is 5.82 Å². The molecule has 0 spiro atoms. The van der Waals surface area contributed by atoms with Crippen LogP contribution in [0.1, 0.15) is 24.6 Å². The maximum Gasteiger partial charge on any atom is 0.231 e. The predicted octanol–water partition coefficient (Wildman–Crippen LogP) is 1.90. The van der Waals surface area contributed by atoms with Gasteiger partial charge in [-0.05, 0) is 31.5 Å². The number of rotatable bonds is 5. The third-order valence-electron chi connectivity index (χ3n) is 3.49. The number of carbonyl (C=O) groups excluding carboxylic acids is 1. The van der Waals surface area contributed by atoms with E-state index >= 15 is 0 Å². The Hall–Kier alpha value is -1.99. The molecular weight excluding hydrogens is 286 g/mol. The second-order valence-corrected chi connectivity index (χ2v) is 5.87. The molecule has 1 saturated heterocycles. The van der Waals surface area contributed by atoms with E-state index in [1.807, 2.05) is 23.6 Å². The Bertz CT molecular complexity index is 615. The fourth-order valence-electron chi connectivity index (χ4n) is 2.59. The highest BCUT2D eigenvalue weighted by Crippen LogP contribution is 2.33. The minimum absolute atomic E-state index is 0.188. The Kier molecular flexibility index (Phi) is 4.12. The Morgan fingerprint density at radius 2 is 2.43 bits per heavy atom. The van der Waals surface area contributed by atoms with Crippen molar-refractivity contribution in [3.8, 4) is 0 Å². The zero-order valence-electron chi connectivity index (χ0n) is 11.5. The summed E-state index contributed by atoms with van der Waals surface area (Å²) in [4.78, 5) is 22.1. The van der Waals surface area contributed by atoms with Crippen LogP contribution in [0.3, 0.4) is 0 Å². The van der Waals surface area contributed by atoms with Gasteiger partial charge in [0, 0.05) is 11.6 Å². The lowest BCUT2D eigenvalue weighted by Crippen LogP contribution is -2.33. The summed E-state index contributed by atoms with van der Waals surface area (Å²) in [6.07, 6.45) is 3.82. The molecule has 2 aromatic heterocycles. The quantitative estimate of drug-likeness (QED) is 0.881. The monoisotopic (exact) mass is 303 g/mol. The Morgan fingerprint density at radius 3 is 3.19 bits per heavy atom. The Balaban J connectivity index is 1.71. The lowest BCUT2D eigenvalue weighted by molar-refractivity contribution is -0.119. The number of aromatic nitrogens is 2. The van der Waals surface area contributed by atoms with Gasteiger partial charge in [-0.15, -0.1) is 11.3 Å². The molecule has 0 radical (unpaired) electrons. The number of carbonyl (C=O) groups is 1. The average Bonchev–Trinajstić information content (AvgIpc) is 3.08. The lowest BCUT2D eigenvalue weighted by atomic mass is 10.2. The van der Waals surface area contributed by atoms with E-state index in [1.54, 1.807) is 17.5 Å². The molecule has 0 saturated carbocycles. The van der Waals surface area contributed by atoms with E-state index in [1.165, 1.54) is 0 Å². The standard InChI is InChI=1S/C14H17N5OS/c15-12(20)8-19-7-3-4-11(19)10-9-21-14(17-10)18-13-5-1-2-6-16-13/h1-2,5-6,9,11H,3-4,7-8H2,(H2,15,20)(H,16,17,18). The van der Waals surface area contributed by atoms with E-state index < -0.39 is 0 Å². The molecule has 3 N–H and O–H groups in total. The highest BCUT2D eigenvalue weighted by atomic mass is 32.1. The minimum Gasteiger partial charge on any atom is -0.369 e. The van der Waals surface area contributed by atoms with Crippen molar-refractivity contribution in [2.24, 2.45) is 5.73 Å². The molecule has 6 nitrogen and oxygen atoms in total. The predicted molar refractivity (Wildman–Crippen MR) is 82.4 cm³/mol. The number of nitrogens with two attached hydrogens (primary N) is 1. The van der Waals surface area contributed by atoms with E-state index in [0.717, 1.165) is 36.0 Å². The van der Waals surface area contributed by atoms with Crippen LogP contribution in [0, 0.1) is 0 Å². The fraction of sp³-hybridized carbons (Fsp3) is 0.357. The molecular formula is C14H17N5OS. The highest BCUT2D eigenvalue weighted by Gasteiger charge is 2.28. The number of hydrogen-bond acceptors (Lipinski definition) is 6. The number of likely N-dealkylation sites (tertiary alicyclic amines) is 1. The van der Waals surface area contributed by atoms with E-state index in [9.17, 15) is 4.79 Å². The van der Waals surface area contributed by atoms with E-state index in [-0.39, 0.29) is 11.9 Å². The second kappa shape index (κ2) is 6.19. The largest absolute Gasteiger partial charge is 0.369 e. The maximum atomic E-state index is 11.1. The number of amides is 1. The van der Waals surface area contributed by atoms with Crippen LogP contribution in [-0.2, 0) is 4.79 Å². The molecule has 1 aliphatic heterocycles. The summed E-state index contributed by atoms with van der Waals surface area (Å²) >= 11 is 1.55. The molecule has 1 atom stereocenters. The SMILES string of the molecule is NC(=O)CN1CCCC1c1csc(Nc2ccccn2)n1. The van der Waals surface area contributed by atoms with Gasteiger partial charge in [0.2, 0.25) is 5.91 Å². The lowest BCUT2D eigenvalue weighted by Gasteiger charge is -2.21.